The van der Waals surface area contributed by atoms with Crippen LogP contribution in [0.15, 0.2) is 30.6 Å². The number of carbonyl (C=O) groups is 1. The van der Waals surface area contributed by atoms with Crippen molar-refractivity contribution in [2.24, 2.45) is 0 Å². The first-order valence-electron chi connectivity index (χ1n) is 9.45. The molecule has 1 amide bonds. The van der Waals surface area contributed by atoms with Crippen molar-refractivity contribution in [3.05, 3.63) is 63.2 Å². The van der Waals surface area contributed by atoms with E-state index in [0.29, 0.717) is 17.1 Å². The highest BCUT2D eigenvalue weighted by molar-refractivity contribution is 5.90. The summed E-state index contributed by atoms with van der Waals surface area (Å²) in [5.74, 6) is 0.542. The molecule has 0 radical (unpaired) electrons. The summed E-state index contributed by atoms with van der Waals surface area (Å²) in [7, 11) is 0. The van der Waals surface area contributed by atoms with Gasteiger partial charge in [-0.05, 0) is 39.3 Å². The fourth-order valence-electron chi connectivity index (χ4n) is 3.20. The molecule has 0 spiro atoms. The second-order valence-corrected chi connectivity index (χ2v) is 7.11. The Morgan fingerprint density at radius 2 is 2.03 bits per heavy atom. The summed E-state index contributed by atoms with van der Waals surface area (Å²) in [6.45, 7) is 7.67. The Balaban J connectivity index is 1.52. The summed E-state index contributed by atoms with van der Waals surface area (Å²) >= 11 is 0. The van der Waals surface area contributed by atoms with Crippen LogP contribution in [0.3, 0.4) is 0 Å². The maximum atomic E-state index is 12.2. The van der Waals surface area contributed by atoms with E-state index in [-0.39, 0.29) is 31.3 Å². The molecule has 2 heterocycles. The number of ether oxygens (including phenoxy) is 1. The van der Waals surface area contributed by atoms with Gasteiger partial charge >= 0.3 is 5.69 Å². The Kier molecular flexibility index (Phi) is 6.14. The number of rotatable bonds is 8. The second kappa shape index (κ2) is 8.76. The molecule has 0 saturated heterocycles. The van der Waals surface area contributed by atoms with Crippen molar-refractivity contribution in [2.45, 2.75) is 47.4 Å². The van der Waals surface area contributed by atoms with Gasteiger partial charge in [-0.3, -0.25) is 19.6 Å². The van der Waals surface area contributed by atoms with E-state index in [1.165, 1.54) is 16.4 Å². The van der Waals surface area contributed by atoms with Crippen molar-refractivity contribution in [1.29, 1.82) is 0 Å². The first-order valence-corrected chi connectivity index (χ1v) is 9.45. The topological polar surface area (TPSA) is 117 Å². The van der Waals surface area contributed by atoms with Gasteiger partial charge in [0.2, 0.25) is 5.91 Å². The standard InChI is InChI=1S/C20H24N6O4/c1-13-5-6-18(14(2)9-13)30-12-24-11-17(10-21-24)22-19(27)7-8-25-16(4)20(26(28)29)15(3)23-25/h5-6,9-11H,7-8,12H2,1-4H3,(H,22,27). The molecule has 0 unspecified atom stereocenters. The number of amides is 1. The van der Waals surface area contributed by atoms with Gasteiger partial charge in [-0.2, -0.15) is 10.2 Å². The van der Waals surface area contributed by atoms with Gasteiger partial charge in [-0.1, -0.05) is 17.7 Å². The van der Waals surface area contributed by atoms with Crippen molar-refractivity contribution < 1.29 is 14.5 Å². The number of carbonyl (C=O) groups excluding carboxylic acids is 1. The van der Waals surface area contributed by atoms with E-state index in [4.69, 9.17) is 4.74 Å². The first-order chi connectivity index (χ1) is 14.2. The fraction of sp³-hybridized carbons (Fsp3) is 0.350. The first kappa shape index (κ1) is 21.0. The number of anilines is 1. The van der Waals surface area contributed by atoms with Crippen molar-refractivity contribution in [1.82, 2.24) is 19.6 Å². The number of hydrogen-bond acceptors (Lipinski definition) is 6. The fourth-order valence-corrected chi connectivity index (χ4v) is 3.20. The third-order valence-corrected chi connectivity index (χ3v) is 4.68. The van der Waals surface area contributed by atoms with E-state index in [1.54, 1.807) is 24.7 Å². The van der Waals surface area contributed by atoms with Crippen molar-refractivity contribution in [3.63, 3.8) is 0 Å². The van der Waals surface area contributed by atoms with Gasteiger partial charge in [-0.15, -0.1) is 0 Å². The lowest BCUT2D eigenvalue weighted by molar-refractivity contribution is -0.386. The number of aromatic nitrogens is 4. The van der Waals surface area contributed by atoms with Gasteiger partial charge in [0.05, 0.1) is 29.5 Å². The van der Waals surface area contributed by atoms with Gasteiger partial charge in [0.1, 0.15) is 17.1 Å². The van der Waals surface area contributed by atoms with Crippen molar-refractivity contribution in [2.75, 3.05) is 5.32 Å². The SMILES string of the molecule is Cc1ccc(OCn2cc(NC(=O)CCn3nc(C)c([N+](=O)[O-])c3C)cn2)c(C)c1. The average Bonchev–Trinajstić information content (AvgIpc) is 3.22. The predicted molar refractivity (Wildman–Crippen MR) is 110 cm³/mol. The molecule has 0 aliphatic carbocycles. The molecule has 0 bridgehead atoms. The zero-order chi connectivity index (χ0) is 21.8. The molecule has 0 atom stereocenters. The van der Waals surface area contributed by atoms with Crippen LogP contribution in [-0.2, 0) is 18.1 Å². The maximum Gasteiger partial charge on any atom is 0.312 e. The summed E-state index contributed by atoms with van der Waals surface area (Å²) in [4.78, 5) is 22.8. The summed E-state index contributed by atoms with van der Waals surface area (Å²) in [5, 5.41) is 22.2. The lowest BCUT2D eigenvalue weighted by Gasteiger charge is -2.09. The van der Waals surface area contributed by atoms with E-state index in [2.05, 4.69) is 15.5 Å². The highest BCUT2D eigenvalue weighted by atomic mass is 16.6. The monoisotopic (exact) mass is 412 g/mol. The Morgan fingerprint density at radius 3 is 2.70 bits per heavy atom. The highest BCUT2D eigenvalue weighted by Crippen LogP contribution is 2.22. The lowest BCUT2D eigenvalue weighted by atomic mass is 10.1. The molecule has 10 nitrogen and oxygen atoms in total. The van der Waals surface area contributed by atoms with Crippen LogP contribution in [0.25, 0.3) is 0 Å². The minimum atomic E-state index is -0.456. The number of aryl methyl sites for hydroxylation is 4. The van der Waals surface area contributed by atoms with E-state index in [1.807, 2.05) is 32.0 Å². The predicted octanol–water partition coefficient (Wildman–Crippen LogP) is 3.29. The molecule has 0 saturated carbocycles. The molecule has 1 N–H and O–H groups in total. The Morgan fingerprint density at radius 1 is 1.27 bits per heavy atom. The van der Waals surface area contributed by atoms with Crippen molar-refractivity contribution >= 4 is 17.3 Å². The molecule has 2 aromatic heterocycles. The molecule has 3 rings (SSSR count). The highest BCUT2D eigenvalue weighted by Gasteiger charge is 2.21. The molecule has 0 aliphatic rings. The molecular weight excluding hydrogens is 388 g/mol. The van der Waals surface area contributed by atoms with Gasteiger partial charge < -0.3 is 10.1 Å². The van der Waals surface area contributed by atoms with Gasteiger partial charge in [0.15, 0.2) is 6.73 Å². The molecule has 3 aromatic rings. The zero-order valence-corrected chi connectivity index (χ0v) is 17.4. The molecular formula is C20H24N6O4. The Bertz CT molecular complexity index is 1090. The van der Waals surface area contributed by atoms with Crippen LogP contribution in [0.4, 0.5) is 11.4 Å². The van der Waals surface area contributed by atoms with Gasteiger partial charge in [0.25, 0.3) is 0 Å². The largest absolute Gasteiger partial charge is 0.471 e. The van der Waals surface area contributed by atoms with Crippen LogP contribution in [0.5, 0.6) is 5.75 Å². The van der Waals surface area contributed by atoms with Crippen LogP contribution in [0, 0.1) is 37.8 Å². The minimum Gasteiger partial charge on any atom is -0.471 e. The number of nitrogens with zero attached hydrogens (tertiary/aromatic N) is 5. The average molecular weight is 412 g/mol. The summed E-state index contributed by atoms with van der Waals surface area (Å²) in [6.07, 6.45) is 3.34. The molecule has 158 valence electrons. The van der Waals surface area contributed by atoms with E-state index >= 15 is 0 Å². The van der Waals surface area contributed by atoms with E-state index in [0.717, 1.165) is 11.3 Å². The number of nitrogens with one attached hydrogen (secondary N) is 1. The number of benzene rings is 1. The Hall–Kier alpha value is -3.69. The van der Waals surface area contributed by atoms with Crippen LogP contribution in [0.2, 0.25) is 0 Å². The third-order valence-electron chi connectivity index (χ3n) is 4.68. The second-order valence-electron chi connectivity index (χ2n) is 7.11. The lowest BCUT2D eigenvalue weighted by Crippen LogP contribution is -2.15. The minimum absolute atomic E-state index is 0.0134. The van der Waals surface area contributed by atoms with Gasteiger partial charge in [-0.25, -0.2) is 4.68 Å². The van der Waals surface area contributed by atoms with Gasteiger partial charge in [0, 0.05) is 6.42 Å². The molecule has 0 fully saturated rings. The van der Waals surface area contributed by atoms with Crippen LogP contribution < -0.4 is 10.1 Å². The number of hydrogen-bond donors (Lipinski definition) is 1. The quantitative estimate of drug-likeness (QED) is 0.448. The normalized spacial score (nSPS) is 10.8. The molecule has 0 aliphatic heterocycles. The molecule has 1 aromatic carbocycles. The Labute approximate surface area is 173 Å². The zero-order valence-electron chi connectivity index (χ0n) is 17.4. The van der Waals surface area contributed by atoms with Crippen LogP contribution in [-0.4, -0.2) is 30.4 Å². The molecule has 30 heavy (non-hydrogen) atoms. The van der Waals surface area contributed by atoms with E-state index < -0.39 is 4.92 Å². The maximum absolute atomic E-state index is 12.2. The summed E-state index contributed by atoms with van der Waals surface area (Å²) in [6, 6.07) is 5.94. The summed E-state index contributed by atoms with van der Waals surface area (Å²) in [5.41, 5.74) is 3.51. The smallest absolute Gasteiger partial charge is 0.312 e. The third kappa shape index (κ3) is 4.83. The van der Waals surface area contributed by atoms with Crippen LogP contribution >= 0.6 is 0 Å². The number of nitro groups is 1. The summed E-state index contributed by atoms with van der Waals surface area (Å²) < 4.78 is 8.83. The van der Waals surface area contributed by atoms with Crippen molar-refractivity contribution in [3.8, 4) is 5.75 Å². The van der Waals surface area contributed by atoms with Crippen LogP contribution in [0.1, 0.15) is 28.9 Å². The van der Waals surface area contributed by atoms with E-state index in [9.17, 15) is 14.9 Å². The molecule has 10 heteroatoms.